The molecule has 0 radical (unpaired) electrons. The largest absolute Gasteiger partial charge is 0.480 e. The molecule has 1 aliphatic carbocycles. The van der Waals surface area contributed by atoms with Crippen molar-refractivity contribution in [2.24, 2.45) is 0 Å². The molecule has 23 heavy (non-hydrogen) atoms. The van der Waals surface area contributed by atoms with Crippen molar-refractivity contribution < 1.29 is 9.90 Å². The molecule has 2 N–H and O–H groups in total. The maximum atomic E-state index is 12.8. The Bertz CT molecular complexity index is 693. The number of nitrogens with zero attached hydrogens (tertiary/aromatic N) is 2. The van der Waals surface area contributed by atoms with Gasteiger partial charge in [-0.05, 0) is 38.5 Å². The molecule has 0 saturated heterocycles. The number of carboxylic acid groups (broad SMARTS) is 1. The second kappa shape index (κ2) is 5.82. The van der Waals surface area contributed by atoms with Crippen LogP contribution in [-0.2, 0) is 10.2 Å². The van der Waals surface area contributed by atoms with E-state index >= 15 is 0 Å². The Labute approximate surface area is 139 Å². The van der Waals surface area contributed by atoms with Crippen molar-refractivity contribution in [3.8, 4) is 0 Å². The molecule has 0 aromatic carbocycles. The summed E-state index contributed by atoms with van der Waals surface area (Å²) >= 11 is 6.40. The van der Waals surface area contributed by atoms with Gasteiger partial charge in [0.1, 0.15) is 6.04 Å². The third kappa shape index (κ3) is 2.43. The molecule has 1 saturated carbocycles. The van der Waals surface area contributed by atoms with Crippen molar-refractivity contribution in [3.63, 3.8) is 0 Å². The number of halogens is 1. The zero-order valence-corrected chi connectivity index (χ0v) is 14.2. The molecule has 0 spiro atoms. The molecule has 1 aromatic rings. The van der Waals surface area contributed by atoms with E-state index in [4.69, 9.17) is 11.6 Å². The first kappa shape index (κ1) is 16.3. The number of hydrogen-bond donors (Lipinski definition) is 2. The predicted molar refractivity (Wildman–Crippen MR) is 88.3 cm³/mol. The Morgan fingerprint density at radius 3 is 2.57 bits per heavy atom. The predicted octanol–water partition coefficient (Wildman–Crippen LogP) is 2.95. The SMILES string of the molecule is CCC1(CC)C[C@@H](C(=O)O)n2c1c(Cl)nc(NC1CCC1)c2=O. The van der Waals surface area contributed by atoms with Crippen LogP contribution < -0.4 is 10.9 Å². The minimum Gasteiger partial charge on any atom is -0.480 e. The van der Waals surface area contributed by atoms with E-state index in [1.165, 1.54) is 4.57 Å². The minimum absolute atomic E-state index is 0.178. The Morgan fingerprint density at radius 1 is 1.43 bits per heavy atom. The summed E-state index contributed by atoms with van der Waals surface area (Å²) in [6.07, 6.45) is 4.96. The monoisotopic (exact) mass is 339 g/mol. The third-order valence-electron chi connectivity index (χ3n) is 5.55. The van der Waals surface area contributed by atoms with Gasteiger partial charge in [0.05, 0.1) is 5.69 Å². The Morgan fingerprint density at radius 2 is 2.09 bits per heavy atom. The van der Waals surface area contributed by atoms with Crippen molar-refractivity contribution in [2.45, 2.75) is 69.9 Å². The van der Waals surface area contributed by atoms with Gasteiger partial charge in [-0.2, -0.15) is 0 Å². The van der Waals surface area contributed by atoms with Crippen LogP contribution in [0.3, 0.4) is 0 Å². The maximum Gasteiger partial charge on any atom is 0.326 e. The van der Waals surface area contributed by atoms with Gasteiger partial charge in [-0.25, -0.2) is 9.78 Å². The van der Waals surface area contributed by atoms with Crippen LogP contribution in [0.15, 0.2) is 4.79 Å². The Kier molecular flexibility index (Phi) is 4.12. The lowest BCUT2D eigenvalue weighted by Crippen LogP contribution is -2.36. The lowest BCUT2D eigenvalue weighted by molar-refractivity contribution is -0.141. The first-order valence-electron chi connectivity index (χ1n) is 8.25. The van der Waals surface area contributed by atoms with Gasteiger partial charge in [0.25, 0.3) is 5.56 Å². The Hall–Kier alpha value is -1.56. The van der Waals surface area contributed by atoms with Gasteiger partial charge < -0.3 is 10.4 Å². The van der Waals surface area contributed by atoms with E-state index in [2.05, 4.69) is 10.3 Å². The topological polar surface area (TPSA) is 84.2 Å². The molecular weight excluding hydrogens is 318 g/mol. The normalized spacial score (nSPS) is 22.5. The first-order chi connectivity index (χ1) is 10.9. The van der Waals surface area contributed by atoms with E-state index in [9.17, 15) is 14.7 Å². The number of aliphatic carboxylic acids is 1. The highest BCUT2D eigenvalue weighted by atomic mass is 35.5. The summed E-state index contributed by atoms with van der Waals surface area (Å²) < 4.78 is 1.37. The lowest BCUT2D eigenvalue weighted by Gasteiger charge is -2.28. The Balaban J connectivity index is 2.16. The molecule has 1 fully saturated rings. The number of carbonyl (C=O) groups is 1. The quantitative estimate of drug-likeness (QED) is 0.861. The number of hydrogen-bond acceptors (Lipinski definition) is 4. The van der Waals surface area contributed by atoms with E-state index in [0.29, 0.717) is 12.1 Å². The summed E-state index contributed by atoms with van der Waals surface area (Å²) in [6, 6.07) is -0.642. The van der Waals surface area contributed by atoms with Crippen molar-refractivity contribution in [1.82, 2.24) is 9.55 Å². The van der Waals surface area contributed by atoms with Crippen LogP contribution in [0, 0.1) is 0 Å². The number of anilines is 1. The van der Waals surface area contributed by atoms with Gasteiger partial charge in [0.15, 0.2) is 11.0 Å². The maximum absolute atomic E-state index is 12.8. The molecule has 2 heterocycles. The van der Waals surface area contributed by atoms with Crippen molar-refractivity contribution in [3.05, 3.63) is 21.2 Å². The zero-order valence-electron chi connectivity index (χ0n) is 13.4. The molecule has 1 aromatic heterocycles. The lowest BCUT2D eigenvalue weighted by atomic mass is 9.77. The fraction of sp³-hybridized carbons (Fsp3) is 0.688. The second-order valence-corrected chi connectivity index (χ2v) is 6.95. The summed E-state index contributed by atoms with van der Waals surface area (Å²) in [5.74, 6) is -0.813. The summed E-state index contributed by atoms with van der Waals surface area (Å²) in [7, 11) is 0. The fourth-order valence-corrected chi connectivity index (χ4v) is 4.13. The molecular formula is C16H22ClN3O3. The highest BCUT2D eigenvalue weighted by Gasteiger charge is 2.47. The van der Waals surface area contributed by atoms with Gasteiger partial charge in [0.2, 0.25) is 0 Å². The average Bonchev–Trinajstić information content (AvgIpc) is 2.84. The summed E-state index contributed by atoms with van der Waals surface area (Å²) in [4.78, 5) is 28.8. The average molecular weight is 340 g/mol. The third-order valence-corrected chi connectivity index (χ3v) is 5.81. The van der Waals surface area contributed by atoms with Gasteiger partial charge in [-0.15, -0.1) is 0 Å². The molecule has 2 aliphatic rings. The van der Waals surface area contributed by atoms with E-state index in [1.54, 1.807) is 0 Å². The van der Waals surface area contributed by atoms with Crippen LogP contribution >= 0.6 is 11.6 Å². The number of carboxylic acids is 1. The number of aromatic nitrogens is 2. The van der Waals surface area contributed by atoms with Crippen molar-refractivity contribution >= 4 is 23.4 Å². The van der Waals surface area contributed by atoms with E-state index in [-0.39, 0.29) is 22.6 Å². The molecule has 0 amide bonds. The second-order valence-electron chi connectivity index (χ2n) is 6.59. The minimum atomic E-state index is -0.992. The van der Waals surface area contributed by atoms with Crippen molar-refractivity contribution in [1.29, 1.82) is 0 Å². The molecule has 0 unspecified atom stereocenters. The molecule has 7 heteroatoms. The highest BCUT2D eigenvalue weighted by molar-refractivity contribution is 6.30. The number of rotatable bonds is 5. The summed E-state index contributed by atoms with van der Waals surface area (Å²) in [5, 5.41) is 13.0. The van der Waals surface area contributed by atoms with Crippen LogP contribution in [-0.4, -0.2) is 26.7 Å². The van der Waals surface area contributed by atoms with Gasteiger partial charge in [-0.1, -0.05) is 25.4 Å². The van der Waals surface area contributed by atoms with Crippen LogP contribution in [0.5, 0.6) is 0 Å². The van der Waals surface area contributed by atoms with Crippen LogP contribution in [0.1, 0.15) is 64.1 Å². The summed E-state index contributed by atoms with van der Waals surface area (Å²) in [5.41, 5.74) is -0.186. The van der Waals surface area contributed by atoms with E-state index in [1.807, 2.05) is 13.8 Å². The van der Waals surface area contributed by atoms with Crippen LogP contribution in [0.4, 0.5) is 5.82 Å². The summed E-state index contributed by atoms with van der Waals surface area (Å²) in [6.45, 7) is 4.00. The van der Waals surface area contributed by atoms with Gasteiger partial charge >= 0.3 is 5.97 Å². The van der Waals surface area contributed by atoms with Gasteiger partial charge in [-0.3, -0.25) is 9.36 Å². The van der Waals surface area contributed by atoms with Crippen molar-refractivity contribution in [2.75, 3.05) is 5.32 Å². The molecule has 6 nitrogen and oxygen atoms in total. The van der Waals surface area contributed by atoms with Crippen LogP contribution in [0.2, 0.25) is 5.15 Å². The fourth-order valence-electron chi connectivity index (χ4n) is 3.76. The van der Waals surface area contributed by atoms with Gasteiger partial charge in [0, 0.05) is 11.5 Å². The molecule has 1 aliphatic heterocycles. The molecule has 126 valence electrons. The number of nitrogens with one attached hydrogen (secondary N) is 1. The van der Waals surface area contributed by atoms with E-state index in [0.717, 1.165) is 32.1 Å². The smallest absolute Gasteiger partial charge is 0.326 e. The standard InChI is InChI=1S/C16H22ClN3O3/c1-3-16(4-2)8-10(15(22)23)20-11(16)12(17)19-13(14(20)21)18-9-6-5-7-9/h9-10H,3-8H2,1-2H3,(H,18,19)(H,22,23)/t10-/m0/s1. The first-order valence-corrected chi connectivity index (χ1v) is 8.63. The zero-order chi connectivity index (χ0) is 16.8. The highest BCUT2D eigenvalue weighted by Crippen LogP contribution is 2.47. The molecule has 1 atom stereocenters. The van der Waals surface area contributed by atoms with Crippen LogP contribution in [0.25, 0.3) is 0 Å². The molecule has 3 rings (SSSR count). The molecule has 0 bridgehead atoms. The van der Waals surface area contributed by atoms with E-state index < -0.39 is 17.4 Å². The number of fused-ring (bicyclic) bond motifs is 1.